The molecule has 0 bridgehead atoms. The molecule has 2 amide bonds. The number of rotatable bonds is 7. The van der Waals surface area contributed by atoms with E-state index in [-0.39, 0.29) is 16.4 Å². The third-order valence-electron chi connectivity index (χ3n) is 4.46. The molecule has 0 radical (unpaired) electrons. The Labute approximate surface area is 207 Å². The van der Waals surface area contributed by atoms with Gasteiger partial charge in [0.05, 0.1) is 35.4 Å². The average molecular weight is 583 g/mol. The molecule has 0 saturated carbocycles. The van der Waals surface area contributed by atoms with E-state index in [9.17, 15) is 19.2 Å². The molecule has 1 fully saturated rings. The molecule has 0 atom stereocenters. The summed E-state index contributed by atoms with van der Waals surface area (Å²) in [6.45, 7) is -0.459. The van der Waals surface area contributed by atoms with Crippen LogP contribution in [0, 0.1) is 3.57 Å². The molecule has 2 aromatic carbocycles. The number of thioether (sulfide) groups is 1. The standard InChI is InChI=1S/C22H18INO8S/c1-29-14-6-4-13(5-7-14)21(27)32-19-15(23)8-12(9-16(19)30-2)10-17-20(26)24(22(28)33-17)11-18(25)31-3/h4-10H,11H2,1-3H3/b17-10-. The molecule has 172 valence electrons. The molecule has 0 N–H and O–H groups in total. The molecule has 9 nitrogen and oxygen atoms in total. The van der Waals surface area contributed by atoms with Crippen molar-refractivity contribution in [2.45, 2.75) is 0 Å². The molecule has 3 rings (SSSR count). The van der Waals surface area contributed by atoms with E-state index in [1.807, 2.05) is 22.6 Å². The summed E-state index contributed by atoms with van der Waals surface area (Å²) in [6.07, 6.45) is 1.50. The summed E-state index contributed by atoms with van der Waals surface area (Å²) in [5, 5.41) is -0.566. The number of methoxy groups -OCH3 is 3. The van der Waals surface area contributed by atoms with Crippen LogP contribution >= 0.6 is 34.4 Å². The van der Waals surface area contributed by atoms with Crippen molar-refractivity contribution in [3.05, 3.63) is 56.0 Å². The van der Waals surface area contributed by atoms with E-state index in [0.29, 0.717) is 32.2 Å². The zero-order valence-corrected chi connectivity index (χ0v) is 20.7. The van der Waals surface area contributed by atoms with Gasteiger partial charge in [0.1, 0.15) is 12.3 Å². The molecule has 33 heavy (non-hydrogen) atoms. The van der Waals surface area contributed by atoms with Crippen LogP contribution in [0.1, 0.15) is 15.9 Å². The minimum Gasteiger partial charge on any atom is -0.497 e. The van der Waals surface area contributed by atoms with Gasteiger partial charge in [0.15, 0.2) is 11.5 Å². The van der Waals surface area contributed by atoms with Crippen LogP contribution in [0.3, 0.4) is 0 Å². The van der Waals surface area contributed by atoms with Gasteiger partial charge in [-0.1, -0.05) is 0 Å². The second kappa shape index (κ2) is 10.7. The molecule has 11 heteroatoms. The highest BCUT2D eigenvalue weighted by atomic mass is 127. The van der Waals surface area contributed by atoms with Crippen molar-refractivity contribution < 1.29 is 38.1 Å². The van der Waals surface area contributed by atoms with E-state index in [4.69, 9.17) is 14.2 Å². The van der Waals surface area contributed by atoms with Gasteiger partial charge < -0.3 is 18.9 Å². The highest BCUT2D eigenvalue weighted by molar-refractivity contribution is 14.1. The smallest absolute Gasteiger partial charge is 0.343 e. The Morgan fingerprint density at radius 1 is 1.06 bits per heavy atom. The minimum atomic E-state index is -0.696. The molecule has 1 heterocycles. The zero-order chi connectivity index (χ0) is 24.1. The molecule has 0 aliphatic carbocycles. The lowest BCUT2D eigenvalue weighted by molar-refractivity contribution is -0.143. The van der Waals surface area contributed by atoms with E-state index in [1.165, 1.54) is 27.4 Å². The monoisotopic (exact) mass is 583 g/mol. The third kappa shape index (κ3) is 5.66. The Kier molecular flexibility index (Phi) is 7.97. The lowest BCUT2D eigenvalue weighted by Gasteiger charge is -2.13. The topological polar surface area (TPSA) is 108 Å². The van der Waals surface area contributed by atoms with Crippen molar-refractivity contribution in [1.82, 2.24) is 4.90 Å². The molecule has 1 aliphatic rings. The number of hydrogen-bond acceptors (Lipinski definition) is 9. The van der Waals surface area contributed by atoms with Crippen molar-refractivity contribution in [3.8, 4) is 17.2 Å². The maximum Gasteiger partial charge on any atom is 0.343 e. The first kappa shape index (κ1) is 24.6. The fraction of sp³-hybridized carbons (Fsp3) is 0.182. The lowest BCUT2D eigenvalue weighted by Crippen LogP contribution is -2.34. The molecule has 0 aromatic heterocycles. The molecule has 1 aliphatic heterocycles. The molecular weight excluding hydrogens is 565 g/mol. The average Bonchev–Trinajstić information content (AvgIpc) is 3.07. The maximum atomic E-state index is 12.6. The van der Waals surface area contributed by atoms with Crippen LogP contribution in [0.25, 0.3) is 6.08 Å². The number of amides is 2. The predicted molar refractivity (Wildman–Crippen MR) is 128 cm³/mol. The maximum absolute atomic E-state index is 12.6. The summed E-state index contributed by atoms with van der Waals surface area (Å²) in [5.41, 5.74) is 0.876. The van der Waals surface area contributed by atoms with Crippen LogP contribution < -0.4 is 14.2 Å². The SMILES string of the molecule is COC(=O)CN1C(=O)S/C(=C\c2cc(I)c(OC(=O)c3ccc(OC)cc3)c(OC)c2)C1=O. The van der Waals surface area contributed by atoms with Crippen molar-refractivity contribution >= 4 is 63.5 Å². The van der Waals surface area contributed by atoms with E-state index >= 15 is 0 Å². The van der Waals surface area contributed by atoms with Crippen LogP contribution in [0.5, 0.6) is 17.2 Å². The number of esters is 2. The number of benzene rings is 2. The fourth-order valence-electron chi connectivity index (χ4n) is 2.78. The van der Waals surface area contributed by atoms with Crippen LogP contribution in [0.2, 0.25) is 0 Å². The van der Waals surface area contributed by atoms with Gasteiger partial charge in [-0.25, -0.2) is 4.79 Å². The highest BCUT2D eigenvalue weighted by Gasteiger charge is 2.36. The molecule has 0 unspecified atom stereocenters. The fourth-order valence-corrected chi connectivity index (χ4v) is 4.36. The number of hydrogen-bond donors (Lipinski definition) is 0. The quantitative estimate of drug-likeness (QED) is 0.209. The van der Waals surface area contributed by atoms with Crippen molar-refractivity contribution in [3.63, 3.8) is 0 Å². The Bertz CT molecular complexity index is 1150. The first-order valence-electron chi connectivity index (χ1n) is 9.33. The minimum absolute atomic E-state index is 0.143. The molecule has 0 spiro atoms. The Morgan fingerprint density at radius 2 is 1.76 bits per heavy atom. The highest BCUT2D eigenvalue weighted by Crippen LogP contribution is 2.37. The summed E-state index contributed by atoms with van der Waals surface area (Å²) in [6, 6.07) is 9.71. The lowest BCUT2D eigenvalue weighted by atomic mass is 10.1. The summed E-state index contributed by atoms with van der Waals surface area (Å²) >= 11 is 2.70. The first-order chi connectivity index (χ1) is 15.8. The number of nitrogens with zero attached hydrogens (tertiary/aromatic N) is 1. The van der Waals surface area contributed by atoms with E-state index in [0.717, 1.165) is 4.90 Å². The van der Waals surface area contributed by atoms with Crippen LogP contribution in [-0.4, -0.2) is 55.9 Å². The normalized spacial score (nSPS) is 14.4. The van der Waals surface area contributed by atoms with Gasteiger partial charge in [-0.2, -0.15) is 0 Å². The van der Waals surface area contributed by atoms with Gasteiger partial charge in [0.2, 0.25) is 0 Å². The van der Waals surface area contributed by atoms with Crippen molar-refractivity contribution in [2.75, 3.05) is 27.9 Å². The van der Waals surface area contributed by atoms with Gasteiger partial charge in [0, 0.05) is 0 Å². The van der Waals surface area contributed by atoms with Crippen LogP contribution in [0.15, 0.2) is 41.3 Å². The van der Waals surface area contributed by atoms with E-state index < -0.39 is 29.6 Å². The Balaban J connectivity index is 1.84. The number of imide groups is 1. The summed E-state index contributed by atoms with van der Waals surface area (Å²) in [7, 11) is 4.13. The van der Waals surface area contributed by atoms with Gasteiger partial charge in [0.25, 0.3) is 11.1 Å². The second-order valence-electron chi connectivity index (χ2n) is 6.50. The summed E-state index contributed by atoms with van der Waals surface area (Å²) in [4.78, 5) is 49.6. The second-order valence-corrected chi connectivity index (χ2v) is 8.65. The largest absolute Gasteiger partial charge is 0.497 e. The number of carbonyl (C=O) groups is 4. The number of ether oxygens (including phenoxy) is 4. The zero-order valence-electron chi connectivity index (χ0n) is 17.7. The van der Waals surface area contributed by atoms with Gasteiger partial charge in [-0.05, 0) is 82.4 Å². The number of carbonyl (C=O) groups excluding carboxylic acids is 4. The van der Waals surface area contributed by atoms with Crippen molar-refractivity contribution in [2.24, 2.45) is 0 Å². The Hall–Kier alpha value is -3.06. The Morgan fingerprint density at radius 3 is 2.36 bits per heavy atom. The predicted octanol–water partition coefficient (Wildman–Crippen LogP) is 3.74. The summed E-state index contributed by atoms with van der Waals surface area (Å²) < 4.78 is 21.1. The van der Waals surface area contributed by atoms with Crippen LogP contribution in [-0.2, 0) is 14.3 Å². The van der Waals surface area contributed by atoms with Crippen molar-refractivity contribution in [1.29, 1.82) is 0 Å². The van der Waals surface area contributed by atoms with Gasteiger partial charge in [-0.3, -0.25) is 19.3 Å². The van der Waals surface area contributed by atoms with E-state index in [2.05, 4.69) is 4.74 Å². The summed E-state index contributed by atoms with van der Waals surface area (Å²) in [5.74, 6) is -0.777. The van der Waals surface area contributed by atoms with E-state index in [1.54, 1.807) is 36.4 Å². The first-order valence-corrected chi connectivity index (χ1v) is 11.2. The van der Waals surface area contributed by atoms with Gasteiger partial charge in [-0.15, -0.1) is 0 Å². The van der Waals surface area contributed by atoms with Crippen LogP contribution in [0.4, 0.5) is 4.79 Å². The molecule has 1 saturated heterocycles. The van der Waals surface area contributed by atoms with Gasteiger partial charge >= 0.3 is 11.9 Å². The molecule has 2 aromatic rings. The molecular formula is C22H18INO8S. The number of halogens is 1. The third-order valence-corrected chi connectivity index (χ3v) is 6.17.